The number of carbonyl (C=O) groups is 1. The van der Waals surface area contributed by atoms with Crippen LogP contribution in [0.5, 0.6) is 0 Å². The minimum absolute atomic E-state index is 0.340. The van der Waals surface area contributed by atoms with E-state index >= 15 is 0 Å². The molecule has 0 bridgehead atoms. The van der Waals surface area contributed by atoms with Crippen molar-refractivity contribution in [1.29, 1.82) is 0 Å². The maximum absolute atomic E-state index is 9.72. The van der Waals surface area contributed by atoms with E-state index < -0.39 is 0 Å². The summed E-state index contributed by atoms with van der Waals surface area (Å²) in [6.07, 6.45) is 0.332. The first-order valence-electron chi connectivity index (χ1n) is 3.47. The number of nitrogens with zero attached hydrogens (tertiary/aromatic N) is 2. The molecule has 1 heterocycles. The van der Waals surface area contributed by atoms with Gasteiger partial charge < -0.3 is 9.84 Å². The van der Waals surface area contributed by atoms with E-state index in [2.05, 4.69) is 10.0 Å². The number of β-amino-alcohol motifs (C(OH)–C–C–N with tert-alkyl or cyclic N) is 1. The minimum Gasteiger partial charge on any atom is -0.471 e. The first kappa shape index (κ1) is 10.8. The van der Waals surface area contributed by atoms with Crippen LogP contribution in [0.15, 0.2) is 5.29 Å². The zero-order valence-electron chi connectivity index (χ0n) is 6.84. The molecule has 0 saturated carbocycles. The van der Waals surface area contributed by atoms with Crippen LogP contribution >= 0.6 is 0 Å². The Morgan fingerprint density at radius 3 is 2.50 bits per heavy atom. The minimum atomic E-state index is -0.340. The van der Waals surface area contributed by atoms with Gasteiger partial charge in [-0.05, 0) is 6.42 Å². The van der Waals surface area contributed by atoms with Crippen LogP contribution in [0.3, 0.4) is 0 Å². The molecule has 0 aromatic heterocycles. The molecule has 1 atom stereocenters. The molecular formula is C6H12N2O4. The lowest BCUT2D eigenvalue weighted by Gasteiger charge is -2.01. The van der Waals surface area contributed by atoms with Crippen molar-refractivity contribution in [2.75, 3.05) is 20.2 Å². The molecule has 0 amide bonds. The Balaban J connectivity index is 0.000000261. The third-order valence-corrected chi connectivity index (χ3v) is 1.35. The van der Waals surface area contributed by atoms with Crippen molar-refractivity contribution in [2.45, 2.75) is 12.5 Å². The van der Waals surface area contributed by atoms with Crippen LogP contribution in [0.25, 0.3) is 0 Å². The van der Waals surface area contributed by atoms with Crippen molar-refractivity contribution < 1.29 is 14.6 Å². The van der Waals surface area contributed by atoms with E-state index in [-0.39, 0.29) is 6.10 Å². The molecule has 1 aliphatic heterocycles. The largest absolute Gasteiger partial charge is 0.471 e. The van der Waals surface area contributed by atoms with Crippen molar-refractivity contribution in [1.82, 2.24) is 5.01 Å². The highest BCUT2D eigenvalue weighted by Crippen LogP contribution is 2.07. The van der Waals surface area contributed by atoms with Gasteiger partial charge in [-0.15, -0.1) is 4.91 Å². The number of nitroso groups, excluding NO2 is 1. The second-order valence-electron chi connectivity index (χ2n) is 2.27. The average molecular weight is 176 g/mol. The van der Waals surface area contributed by atoms with Crippen LogP contribution in [0.2, 0.25) is 0 Å². The second-order valence-corrected chi connectivity index (χ2v) is 2.27. The Morgan fingerprint density at radius 1 is 1.75 bits per heavy atom. The number of methoxy groups -OCH3 is 1. The number of aliphatic hydroxyl groups is 1. The van der Waals surface area contributed by atoms with Gasteiger partial charge in [0.05, 0.1) is 25.0 Å². The quantitative estimate of drug-likeness (QED) is 0.454. The molecule has 1 rings (SSSR count). The van der Waals surface area contributed by atoms with Crippen LogP contribution in [0.4, 0.5) is 0 Å². The summed E-state index contributed by atoms with van der Waals surface area (Å²) in [7, 11) is 1.31. The third kappa shape index (κ3) is 4.62. The van der Waals surface area contributed by atoms with Crippen molar-refractivity contribution >= 4 is 6.47 Å². The summed E-state index contributed by atoms with van der Waals surface area (Å²) in [5.41, 5.74) is 0. The van der Waals surface area contributed by atoms with Gasteiger partial charge in [0.1, 0.15) is 0 Å². The molecule has 0 aliphatic carbocycles. The number of hydrogen-bond acceptors (Lipinski definition) is 5. The molecule has 12 heavy (non-hydrogen) atoms. The van der Waals surface area contributed by atoms with Crippen molar-refractivity contribution in [3.63, 3.8) is 0 Å². The maximum Gasteiger partial charge on any atom is 0.292 e. The fraction of sp³-hybridized carbons (Fsp3) is 0.833. The zero-order chi connectivity index (χ0) is 9.40. The zero-order valence-corrected chi connectivity index (χ0v) is 6.84. The second kappa shape index (κ2) is 6.53. The summed E-state index contributed by atoms with van der Waals surface area (Å²) in [4.78, 5) is 18.7. The summed E-state index contributed by atoms with van der Waals surface area (Å²) >= 11 is 0. The van der Waals surface area contributed by atoms with Crippen LogP contribution in [-0.2, 0) is 9.53 Å². The molecule has 6 nitrogen and oxygen atoms in total. The molecule has 1 saturated heterocycles. The predicted octanol–water partition coefficient (Wildman–Crippen LogP) is -0.476. The van der Waals surface area contributed by atoms with Gasteiger partial charge in [0.25, 0.3) is 6.47 Å². The van der Waals surface area contributed by atoms with E-state index in [0.717, 1.165) is 0 Å². The molecule has 0 spiro atoms. The highest BCUT2D eigenvalue weighted by molar-refractivity contribution is 5.36. The van der Waals surface area contributed by atoms with E-state index in [0.29, 0.717) is 26.0 Å². The number of carbonyl (C=O) groups excluding carboxylic acids is 1. The maximum atomic E-state index is 9.72. The third-order valence-electron chi connectivity index (χ3n) is 1.35. The molecule has 0 aromatic rings. The van der Waals surface area contributed by atoms with Crippen molar-refractivity contribution in [3.8, 4) is 0 Å². The van der Waals surface area contributed by atoms with Gasteiger partial charge in [0.2, 0.25) is 0 Å². The first-order chi connectivity index (χ1) is 5.74. The van der Waals surface area contributed by atoms with Gasteiger partial charge >= 0.3 is 0 Å². The van der Waals surface area contributed by atoms with Crippen LogP contribution in [0.1, 0.15) is 6.42 Å². The van der Waals surface area contributed by atoms with Gasteiger partial charge in [0.15, 0.2) is 0 Å². The summed E-state index contributed by atoms with van der Waals surface area (Å²) in [5.74, 6) is 0. The summed E-state index contributed by atoms with van der Waals surface area (Å²) < 4.78 is 3.86. The number of rotatable bonds is 2. The van der Waals surface area contributed by atoms with Crippen LogP contribution in [-0.4, -0.2) is 42.9 Å². The number of aliphatic hydroxyl groups excluding tert-OH is 1. The Kier molecular flexibility index (Phi) is 5.90. The number of ether oxygens (including phenoxy) is 1. The van der Waals surface area contributed by atoms with Crippen LogP contribution < -0.4 is 0 Å². The van der Waals surface area contributed by atoms with Gasteiger partial charge in [-0.2, -0.15) is 0 Å². The molecule has 0 aromatic carbocycles. The topological polar surface area (TPSA) is 79.2 Å². The highest BCUT2D eigenvalue weighted by Gasteiger charge is 2.18. The smallest absolute Gasteiger partial charge is 0.292 e. The molecule has 6 heteroatoms. The molecule has 1 aliphatic rings. The first-order valence-corrected chi connectivity index (χ1v) is 3.47. The molecule has 1 unspecified atom stereocenters. The molecule has 1 fully saturated rings. The van der Waals surface area contributed by atoms with Crippen LogP contribution in [0, 0.1) is 4.91 Å². The SMILES string of the molecule is COC=O.O=NN1CCC(O)C1. The normalized spacial score (nSPS) is 20.8. The van der Waals surface area contributed by atoms with E-state index in [1.54, 1.807) is 0 Å². The van der Waals surface area contributed by atoms with Gasteiger partial charge in [-0.1, -0.05) is 0 Å². The Hall–Kier alpha value is -1.17. The predicted molar refractivity (Wildman–Crippen MR) is 41.1 cm³/mol. The molecular weight excluding hydrogens is 164 g/mol. The fourth-order valence-electron chi connectivity index (χ4n) is 0.798. The average Bonchev–Trinajstić information content (AvgIpc) is 2.52. The standard InChI is InChI=1S/C4H8N2O2.C2H4O2/c7-4-1-2-6(3-4)5-8;1-4-2-3/h4,7H,1-3H2;2H,1H3. The van der Waals surface area contributed by atoms with E-state index in [1.807, 2.05) is 0 Å². The van der Waals surface area contributed by atoms with Gasteiger partial charge in [0, 0.05) is 6.54 Å². The molecule has 0 radical (unpaired) electrons. The van der Waals surface area contributed by atoms with E-state index in [4.69, 9.17) is 9.90 Å². The lowest BCUT2D eigenvalue weighted by molar-refractivity contribution is -0.126. The Morgan fingerprint density at radius 2 is 2.33 bits per heavy atom. The van der Waals surface area contributed by atoms with Crippen molar-refractivity contribution in [3.05, 3.63) is 4.91 Å². The van der Waals surface area contributed by atoms with Gasteiger partial charge in [-0.3, -0.25) is 9.80 Å². The van der Waals surface area contributed by atoms with E-state index in [9.17, 15) is 4.91 Å². The highest BCUT2D eigenvalue weighted by atomic mass is 16.5. The summed E-state index contributed by atoms with van der Waals surface area (Å²) in [6, 6.07) is 0. The lowest BCUT2D eigenvalue weighted by Crippen LogP contribution is -2.14. The fourth-order valence-corrected chi connectivity index (χ4v) is 0.798. The van der Waals surface area contributed by atoms with Crippen molar-refractivity contribution in [2.24, 2.45) is 5.29 Å². The number of hydrogen-bond donors (Lipinski definition) is 1. The molecule has 1 N–H and O–H groups in total. The Labute approximate surface area is 70.1 Å². The lowest BCUT2D eigenvalue weighted by atomic mass is 10.3. The monoisotopic (exact) mass is 176 g/mol. The van der Waals surface area contributed by atoms with Gasteiger partial charge in [-0.25, -0.2) is 0 Å². The Bertz CT molecular complexity index is 142. The van der Waals surface area contributed by atoms with E-state index in [1.165, 1.54) is 12.1 Å². The summed E-state index contributed by atoms with van der Waals surface area (Å²) in [5, 5.41) is 12.8. The summed E-state index contributed by atoms with van der Waals surface area (Å²) in [6.45, 7) is 1.38. The molecule has 70 valence electrons.